The molecule has 110 valence electrons. The smallest absolute Gasteiger partial charge is 0.144 e. The third-order valence-corrected chi connectivity index (χ3v) is 3.90. The van der Waals surface area contributed by atoms with E-state index in [1.165, 1.54) is 18.9 Å². The van der Waals surface area contributed by atoms with Crippen molar-refractivity contribution in [1.29, 1.82) is 0 Å². The monoisotopic (exact) mass is 316 g/mol. The Bertz CT molecular complexity index is 593. The van der Waals surface area contributed by atoms with Gasteiger partial charge in [0.15, 0.2) is 0 Å². The molecule has 20 heavy (non-hydrogen) atoms. The van der Waals surface area contributed by atoms with Crippen LogP contribution in [0.25, 0.3) is 11.0 Å². The fraction of sp³-hybridized carbons (Fsp3) is 0.533. The van der Waals surface area contributed by atoms with E-state index in [-0.39, 0.29) is 10.4 Å². The summed E-state index contributed by atoms with van der Waals surface area (Å²) in [5.74, 6) is 0.363. The highest BCUT2D eigenvalue weighted by molar-refractivity contribution is 6.31. The second kappa shape index (κ2) is 6.77. The van der Waals surface area contributed by atoms with Gasteiger partial charge in [0.2, 0.25) is 0 Å². The molecule has 1 aromatic carbocycles. The maximum absolute atomic E-state index is 13.7. The summed E-state index contributed by atoms with van der Waals surface area (Å²) in [6.07, 6.45) is 4.59. The highest BCUT2D eigenvalue weighted by Crippen LogP contribution is 2.28. The number of aryl methyl sites for hydroxylation is 1. The number of fused-ring (bicyclic) bond motifs is 1. The van der Waals surface area contributed by atoms with Crippen LogP contribution in [-0.2, 0) is 6.54 Å². The largest absolute Gasteiger partial charge is 0.327 e. The summed E-state index contributed by atoms with van der Waals surface area (Å²) in [5.41, 5.74) is 1.47. The second-order valence-electron chi connectivity index (χ2n) is 5.05. The zero-order chi connectivity index (χ0) is 14.7. The van der Waals surface area contributed by atoms with Crippen molar-refractivity contribution in [3.05, 3.63) is 28.8 Å². The average Bonchev–Trinajstić information content (AvgIpc) is 2.74. The first-order valence-corrected chi connectivity index (χ1v) is 7.85. The first-order chi connectivity index (χ1) is 9.54. The van der Waals surface area contributed by atoms with Crippen molar-refractivity contribution < 1.29 is 4.39 Å². The van der Waals surface area contributed by atoms with Gasteiger partial charge in [0, 0.05) is 12.6 Å². The summed E-state index contributed by atoms with van der Waals surface area (Å²) in [4.78, 5) is 4.49. The molecule has 0 fully saturated rings. The van der Waals surface area contributed by atoms with Gasteiger partial charge in [0.25, 0.3) is 0 Å². The van der Waals surface area contributed by atoms with Gasteiger partial charge in [-0.25, -0.2) is 9.37 Å². The Kier molecular flexibility index (Phi) is 5.28. The zero-order valence-electron chi connectivity index (χ0n) is 11.8. The fourth-order valence-electron chi connectivity index (χ4n) is 2.37. The molecule has 1 atom stereocenters. The normalized spacial score (nSPS) is 13.1. The number of nitrogens with zero attached hydrogens (tertiary/aromatic N) is 2. The minimum atomic E-state index is -0.414. The number of unbranched alkanes of at least 4 members (excludes halogenated alkanes) is 3. The van der Waals surface area contributed by atoms with E-state index in [9.17, 15) is 4.39 Å². The molecule has 5 heteroatoms. The van der Waals surface area contributed by atoms with Crippen LogP contribution >= 0.6 is 23.2 Å². The molecule has 1 heterocycles. The number of halogens is 3. The third-order valence-electron chi connectivity index (χ3n) is 3.41. The molecule has 0 radical (unpaired) electrons. The van der Waals surface area contributed by atoms with E-state index in [2.05, 4.69) is 11.9 Å². The Morgan fingerprint density at radius 2 is 2.05 bits per heavy atom. The number of hydrogen-bond donors (Lipinski definition) is 0. The highest BCUT2D eigenvalue weighted by atomic mass is 35.5. The van der Waals surface area contributed by atoms with Gasteiger partial charge in [-0.2, -0.15) is 0 Å². The average molecular weight is 317 g/mol. The molecule has 0 saturated heterocycles. The molecule has 0 spiro atoms. The topological polar surface area (TPSA) is 17.8 Å². The predicted molar refractivity (Wildman–Crippen MR) is 83.1 cm³/mol. The van der Waals surface area contributed by atoms with Crippen molar-refractivity contribution >= 4 is 34.2 Å². The van der Waals surface area contributed by atoms with Crippen LogP contribution in [0.5, 0.6) is 0 Å². The van der Waals surface area contributed by atoms with Gasteiger partial charge in [-0.3, -0.25) is 0 Å². The Balaban J connectivity index is 2.37. The molecule has 0 aliphatic rings. The van der Waals surface area contributed by atoms with Crippen LogP contribution in [0.2, 0.25) is 5.02 Å². The van der Waals surface area contributed by atoms with Gasteiger partial charge in [-0.15, -0.1) is 11.6 Å². The number of imidazole rings is 1. The lowest BCUT2D eigenvalue weighted by molar-refractivity contribution is 0.573. The summed E-state index contributed by atoms with van der Waals surface area (Å²) in [6, 6.07) is 3.02. The van der Waals surface area contributed by atoms with E-state index in [0.29, 0.717) is 5.52 Å². The van der Waals surface area contributed by atoms with Gasteiger partial charge in [-0.1, -0.05) is 37.8 Å². The second-order valence-corrected chi connectivity index (χ2v) is 6.12. The van der Waals surface area contributed by atoms with Gasteiger partial charge in [0.1, 0.15) is 11.6 Å². The molecule has 0 aliphatic heterocycles. The lowest BCUT2D eigenvalue weighted by Crippen LogP contribution is -2.04. The lowest BCUT2D eigenvalue weighted by atomic mass is 10.2. The Labute approximate surface area is 128 Å². The van der Waals surface area contributed by atoms with Gasteiger partial charge >= 0.3 is 0 Å². The van der Waals surface area contributed by atoms with Crippen LogP contribution in [0, 0.1) is 5.82 Å². The molecule has 0 aliphatic carbocycles. The molecule has 0 amide bonds. The third kappa shape index (κ3) is 3.26. The van der Waals surface area contributed by atoms with Crippen LogP contribution in [0.3, 0.4) is 0 Å². The summed E-state index contributed by atoms with van der Waals surface area (Å²) >= 11 is 12.0. The first-order valence-electron chi connectivity index (χ1n) is 7.03. The van der Waals surface area contributed by atoms with Crippen LogP contribution < -0.4 is 0 Å². The van der Waals surface area contributed by atoms with Gasteiger partial charge in [0.05, 0.1) is 21.4 Å². The van der Waals surface area contributed by atoms with Crippen molar-refractivity contribution in [1.82, 2.24) is 9.55 Å². The van der Waals surface area contributed by atoms with Gasteiger partial charge in [-0.05, 0) is 19.4 Å². The number of rotatable bonds is 6. The Hall–Kier alpha value is -0.800. The van der Waals surface area contributed by atoms with Crippen molar-refractivity contribution in [3.8, 4) is 0 Å². The molecule has 1 aromatic heterocycles. The Morgan fingerprint density at radius 1 is 1.30 bits per heavy atom. The van der Waals surface area contributed by atoms with Crippen molar-refractivity contribution in [3.63, 3.8) is 0 Å². The number of alkyl halides is 1. The van der Waals surface area contributed by atoms with Crippen LogP contribution in [-0.4, -0.2) is 9.55 Å². The molecular formula is C15H19Cl2FN2. The zero-order valence-corrected chi connectivity index (χ0v) is 13.3. The number of benzene rings is 1. The maximum Gasteiger partial charge on any atom is 0.144 e. The van der Waals surface area contributed by atoms with Crippen molar-refractivity contribution in [2.75, 3.05) is 0 Å². The first kappa shape index (κ1) is 15.6. The minimum absolute atomic E-state index is 0.0990. The SMILES string of the molecule is CCCCCCn1c(C(C)Cl)nc2cc(Cl)c(F)cc21. The molecule has 2 nitrogen and oxygen atoms in total. The van der Waals surface area contributed by atoms with Crippen LogP contribution in [0.4, 0.5) is 4.39 Å². The van der Waals surface area contributed by atoms with Crippen molar-refractivity contribution in [2.24, 2.45) is 0 Å². The van der Waals surface area contributed by atoms with Crippen LogP contribution in [0.1, 0.15) is 50.7 Å². The number of hydrogen-bond acceptors (Lipinski definition) is 1. The summed E-state index contributed by atoms with van der Waals surface area (Å²) < 4.78 is 15.7. The minimum Gasteiger partial charge on any atom is -0.327 e. The lowest BCUT2D eigenvalue weighted by Gasteiger charge is -2.10. The maximum atomic E-state index is 13.7. The fourth-order valence-corrected chi connectivity index (χ4v) is 2.70. The molecule has 0 saturated carbocycles. The highest BCUT2D eigenvalue weighted by Gasteiger charge is 2.16. The quantitative estimate of drug-likeness (QED) is 0.493. The van der Waals surface area contributed by atoms with Gasteiger partial charge < -0.3 is 4.57 Å². The van der Waals surface area contributed by atoms with E-state index >= 15 is 0 Å². The molecule has 2 aromatic rings. The molecule has 2 rings (SSSR count). The van der Waals surface area contributed by atoms with E-state index in [0.717, 1.165) is 30.7 Å². The van der Waals surface area contributed by atoms with Crippen LogP contribution in [0.15, 0.2) is 12.1 Å². The summed E-state index contributed by atoms with van der Waals surface area (Å²) in [6.45, 7) is 4.86. The molecule has 1 unspecified atom stereocenters. The van der Waals surface area contributed by atoms with Crippen molar-refractivity contribution in [2.45, 2.75) is 51.5 Å². The van der Waals surface area contributed by atoms with E-state index in [1.54, 1.807) is 6.07 Å². The van der Waals surface area contributed by atoms with E-state index < -0.39 is 5.82 Å². The standard InChI is InChI=1S/C15H19Cl2FN2/c1-3-4-5-6-7-20-14-9-12(18)11(17)8-13(14)19-15(20)10(2)16/h8-10H,3-7H2,1-2H3. The summed E-state index contributed by atoms with van der Waals surface area (Å²) in [5, 5.41) is -0.114. The number of aromatic nitrogens is 2. The molecular weight excluding hydrogens is 298 g/mol. The van der Waals surface area contributed by atoms with E-state index in [1.807, 2.05) is 11.5 Å². The Morgan fingerprint density at radius 3 is 2.70 bits per heavy atom. The predicted octanol–water partition coefficient (Wildman–Crippen LogP) is 5.71. The molecule has 0 N–H and O–H groups in total. The summed E-state index contributed by atoms with van der Waals surface area (Å²) in [7, 11) is 0. The molecule has 0 bridgehead atoms. The van der Waals surface area contributed by atoms with E-state index in [4.69, 9.17) is 23.2 Å².